The highest BCUT2D eigenvalue weighted by Crippen LogP contribution is 2.31. The Bertz CT molecular complexity index is 775. The number of ether oxygens (including phenoxy) is 4. The average Bonchev–Trinajstić information content (AvgIpc) is 2.88. The van der Waals surface area contributed by atoms with Crippen LogP contribution in [0.25, 0.3) is 0 Å². The monoisotopic (exact) mass is 472 g/mol. The van der Waals surface area contributed by atoms with Gasteiger partial charge in [0.25, 0.3) is 5.91 Å². The molecule has 0 spiro atoms. The van der Waals surface area contributed by atoms with Gasteiger partial charge in [-0.1, -0.05) is 13.2 Å². The molecule has 0 bridgehead atoms. The maximum atomic E-state index is 12.9. The van der Waals surface area contributed by atoms with Gasteiger partial charge in [0.2, 0.25) is 0 Å². The topological polar surface area (TPSA) is 152 Å². The van der Waals surface area contributed by atoms with Gasteiger partial charge in [-0.05, 0) is 27.7 Å². The van der Waals surface area contributed by atoms with Crippen molar-refractivity contribution in [3.63, 3.8) is 0 Å². The number of aliphatic hydroxyl groups is 2. The van der Waals surface area contributed by atoms with Crippen LogP contribution in [-0.2, 0) is 33.3 Å². The third-order valence-electron chi connectivity index (χ3n) is 4.62. The first-order valence-electron chi connectivity index (χ1n) is 10.1. The van der Waals surface area contributed by atoms with Gasteiger partial charge in [0.05, 0.1) is 26.3 Å². The Morgan fingerprint density at radius 3 is 1.76 bits per heavy atom. The second-order valence-electron chi connectivity index (χ2n) is 8.11. The van der Waals surface area contributed by atoms with Crippen molar-refractivity contribution in [2.24, 2.45) is 0 Å². The lowest BCUT2D eigenvalue weighted by Crippen LogP contribution is -2.52. The second-order valence-corrected chi connectivity index (χ2v) is 8.11. The number of imide groups is 1. The lowest BCUT2D eigenvalue weighted by atomic mass is 10.0. The lowest BCUT2D eigenvalue weighted by molar-refractivity contribution is -0.206. The molecule has 0 aliphatic carbocycles. The predicted molar refractivity (Wildman–Crippen MR) is 113 cm³/mol. The second kappa shape index (κ2) is 11.4. The third kappa shape index (κ3) is 8.24. The SMILES string of the molecule is C=CC(=O)OCCOC(C)(O)CN1C(=O)N(CC(C)(O)OCCOC(=O)C=C)C(C)(C)C1=O. The molecule has 0 aromatic carbocycles. The third-order valence-corrected chi connectivity index (χ3v) is 4.62. The van der Waals surface area contributed by atoms with Gasteiger partial charge in [0, 0.05) is 12.2 Å². The van der Waals surface area contributed by atoms with Gasteiger partial charge in [-0.25, -0.2) is 14.4 Å². The standard InChI is InChI=1S/C21H32N2O10/c1-7-15(24)30-9-11-32-20(5,28)13-22-17(26)19(3,4)23(18(22)27)14-21(6,29)33-12-10-31-16(25)8-2/h7-8,28-29H,1-2,9-14H2,3-6H3. The molecule has 1 rings (SSSR count). The molecule has 3 amide bonds. The predicted octanol–water partition coefficient (Wildman–Crippen LogP) is -0.0622. The minimum absolute atomic E-state index is 0.147. The summed E-state index contributed by atoms with van der Waals surface area (Å²) in [5, 5.41) is 21.0. The average molecular weight is 472 g/mol. The number of hydrogen-bond donors (Lipinski definition) is 2. The van der Waals surface area contributed by atoms with Crippen LogP contribution in [0.5, 0.6) is 0 Å². The highest BCUT2D eigenvalue weighted by molar-refractivity contribution is 6.06. The molecular weight excluding hydrogens is 440 g/mol. The van der Waals surface area contributed by atoms with E-state index in [1.54, 1.807) is 0 Å². The zero-order valence-electron chi connectivity index (χ0n) is 19.4. The number of carbonyl (C=O) groups is 4. The normalized spacial score (nSPS) is 19.0. The number of nitrogens with zero attached hydrogens (tertiary/aromatic N) is 2. The smallest absolute Gasteiger partial charge is 0.330 e. The summed E-state index contributed by atoms with van der Waals surface area (Å²) in [5.41, 5.74) is -1.35. The Morgan fingerprint density at radius 2 is 1.33 bits per heavy atom. The van der Waals surface area contributed by atoms with E-state index >= 15 is 0 Å². The van der Waals surface area contributed by atoms with Crippen molar-refractivity contribution in [3.8, 4) is 0 Å². The first kappa shape index (κ1) is 28.2. The molecule has 2 N–H and O–H groups in total. The molecule has 0 radical (unpaired) electrons. The molecule has 1 fully saturated rings. The van der Waals surface area contributed by atoms with E-state index in [9.17, 15) is 29.4 Å². The summed E-state index contributed by atoms with van der Waals surface area (Å²) in [6.07, 6.45) is 1.96. The van der Waals surface area contributed by atoms with E-state index in [1.807, 2.05) is 0 Å². The number of amides is 3. The van der Waals surface area contributed by atoms with Gasteiger partial charge >= 0.3 is 18.0 Å². The largest absolute Gasteiger partial charge is 0.460 e. The minimum atomic E-state index is -1.92. The maximum absolute atomic E-state index is 12.9. The van der Waals surface area contributed by atoms with Gasteiger partial charge in [-0.15, -0.1) is 0 Å². The fraction of sp³-hybridized carbons (Fsp3) is 0.619. The Hall–Kier alpha value is -2.80. The van der Waals surface area contributed by atoms with E-state index in [1.165, 1.54) is 27.7 Å². The van der Waals surface area contributed by atoms with Crippen LogP contribution in [0.3, 0.4) is 0 Å². The fourth-order valence-electron chi connectivity index (χ4n) is 2.93. The Kier molecular flexibility index (Phi) is 9.72. The Balaban J connectivity index is 2.74. The number of carbonyl (C=O) groups excluding carboxylic acids is 4. The van der Waals surface area contributed by atoms with Crippen LogP contribution in [-0.4, -0.2) is 101 Å². The molecule has 0 saturated carbocycles. The summed E-state index contributed by atoms with van der Waals surface area (Å²) in [6.45, 7) is 10.5. The van der Waals surface area contributed by atoms with Crippen LogP contribution in [0.2, 0.25) is 0 Å². The van der Waals surface area contributed by atoms with Crippen molar-refractivity contribution in [2.45, 2.75) is 44.8 Å². The van der Waals surface area contributed by atoms with Gasteiger partial charge < -0.3 is 34.1 Å². The number of β-amino-alcohol motifs (C(OH)–C–C–N with tert-alkyl or cyclic N) is 2. The van der Waals surface area contributed by atoms with Gasteiger partial charge in [0.1, 0.15) is 18.8 Å². The maximum Gasteiger partial charge on any atom is 0.330 e. The fourth-order valence-corrected chi connectivity index (χ4v) is 2.93. The van der Waals surface area contributed by atoms with E-state index in [-0.39, 0.29) is 33.0 Å². The van der Waals surface area contributed by atoms with Gasteiger partial charge in [-0.2, -0.15) is 0 Å². The van der Waals surface area contributed by atoms with E-state index in [0.29, 0.717) is 0 Å². The summed E-state index contributed by atoms with van der Waals surface area (Å²) < 4.78 is 20.0. The molecule has 0 aromatic rings. The minimum Gasteiger partial charge on any atom is -0.460 e. The molecular formula is C21H32N2O10. The van der Waals surface area contributed by atoms with Crippen molar-refractivity contribution in [1.82, 2.24) is 9.80 Å². The van der Waals surface area contributed by atoms with E-state index in [2.05, 4.69) is 13.2 Å². The van der Waals surface area contributed by atoms with Crippen LogP contribution in [0.4, 0.5) is 4.79 Å². The van der Waals surface area contributed by atoms with Crippen molar-refractivity contribution in [1.29, 1.82) is 0 Å². The highest BCUT2D eigenvalue weighted by Gasteiger charge is 2.54. The van der Waals surface area contributed by atoms with Crippen LogP contribution < -0.4 is 0 Å². The number of esters is 2. The summed E-state index contributed by atoms with van der Waals surface area (Å²) in [7, 11) is 0. The van der Waals surface area contributed by atoms with E-state index in [0.717, 1.165) is 22.0 Å². The molecule has 1 saturated heterocycles. The van der Waals surface area contributed by atoms with Crippen molar-refractivity contribution in [3.05, 3.63) is 25.3 Å². The molecule has 1 aliphatic heterocycles. The first-order chi connectivity index (χ1) is 15.2. The zero-order valence-corrected chi connectivity index (χ0v) is 19.4. The zero-order chi connectivity index (χ0) is 25.4. The molecule has 1 heterocycles. The van der Waals surface area contributed by atoms with Crippen molar-refractivity contribution in [2.75, 3.05) is 39.5 Å². The quantitative estimate of drug-likeness (QED) is 0.116. The number of rotatable bonds is 14. The Morgan fingerprint density at radius 1 is 0.909 bits per heavy atom. The van der Waals surface area contributed by atoms with Crippen molar-refractivity contribution < 1.29 is 48.3 Å². The molecule has 2 atom stereocenters. The van der Waals surface area contributed by atoms with Crippen molar-refractivity contribution >= 4 is 23.9 Å². The van der Waals surface area contributed by atoms with E-state index < -0.39 is 47.5 Å². The van der Waals surface area contributed by atoms with E-state index in [4.69, 9.17) is 18.9 Å². The number of hydrogen-bond acceptors (Lipinski definition) is 10. The molecule has 186 valence electrons. The van der Waals surface area contributed by atoms with Crippen LogP contribution in [0.1, 0.15) is 27.7 Å². The summed E-state index contributed by atoms with van der Waals surface area (Å²) >= 11 is 0. The first-order valence-corrected chi connectivity index (χ1v) is 10.1. The Labute approximate surface area is 192 Å². The molecule has 12 nitrogen and oxygen atoms in total. The summed E-state index contributed by atoms with van der Waals surface area (Å²) in [4.78, 5) is 49.8. The lowest BCUT2D eigenvalue weighted by Gasteiger charge is -2.34. The molecule has 2 unspecified atom stereocenters. The van der Waals surface area contributed by atoms with Gasteiger partial charge in [-0.3, -0.25) is 9.69 Å². The molecule has 0 aromatic heterocycles. The van der Waals surface area contributed by atoms with Gasteiger partial charge in [0.15, 0.2) is 11.6 Å². The highest BCUT2D eigenvalue weighted by atomic mass is 16.6. The van der Waals surface area contributed by atoms with Crippen LogP contribution in [0.15, 0.2) is 25.3 Å². The molecule has 1 aliphatic rings. The number of urea groups is 1. The molecule has 33 heavy (non-hydrogen) atoms. The van der Waals surface area contributed by atoms with Crippen LogP contribution >= 0.6 is 0 Å². The molecule has 12 heteroatoms. The summed E-state index contributed by atoms with van der Waals surface area (Å²) in [6, 6.07) is -0.770. The summed E-state index contributed by atoms with van der Waals surface area (Å²) in [5.74, 6) is -5.72. The van der Waals surface area contributed by atoms with Crippen LogP contribution in [0, 0.1) is 0 Å².